The largest absolute Gasteiger partial charge is 0.357 e. The second-order valence-electron chi connectivity index (χ2n) is 6.23. The van der Waals surface area contributed by atoms with E-state index in [4.69, 9.17) is 0 Å². The Morgan fingerprint density at radius 3 is 2.82 bits per heavy atom. The number of benzene rings is 2. The minimum atomic E-state index is -0.742. The van der Waals surface area contributed by atoms with Crippen LogP contribution in [-0.2, 0) is 4.79 Å². The van der Waals surface area contributed by atoms with Gasteiger partial charge in [-0.05, 0) is 36.2 Å². The van der Waals surface area contributed by atoms with Crippen LogP contribution in [0.4, 0.5) is 0 Å². The van der Waals surface area contributed by atoms with Crippen molar-refractivity contribution in [2.45, 2.75) is 12.5 Å². The summed E-state index contributed by atoms with van der Waals surface area (Å²) in [4.78, 5) is 43.5. The van der Waals surface area contributed by atoms with Gasteiger partial charge in [-0.15, -0.1) is 6.58 Å². The maximum Gasteiger partial charge on any atom is 0.251 e. The standard InChI is InChI=1S/C21H20N4O3/c1-3-5-18(21(28)22-2)25-20(27)15-9-13(11-26)8-14(10-15)16-6-4-7-17-19(16)24-12-23-17/h3-4,6-12,18H,1,5H2,2H3,(H,22,28)(H,23,24)(H,25,27). The molecule has 1 aromatic heterocycles. The molecular weight excluding hydrogens is 356 g/mol. The third kappa shape index (κ3) is 3.83. The van der Waals surface area contributed by atoms with E-state index in [-0.39, 0.29) is 17.9 Å². The molecule has 0 fully saturated rings. The second-order valence-corrected chi connectivity index (χ2v) is 6.23. The van der Waals surface area contributed by atoms with E-state index in [1.807, 2.05) is 18.2 Å². The minimum absolute atomic E-state index is 0.283. The molecule has 7 nitrogen and oxygen atoms in total. The maximum atomic E-state index is 12.8. The predicted octanol–water partition coefficient (Wildman–Crippen LogP) is 2.46. The number of carbonyl (C=O) groups is 3. The van der Waals surface area contributed by atoms with Crippen LogP contribution >= 0.6 is 0 Å². The molecule has 0 saturated carbocycles. The lowest BCUT2D eigenvalue weighted by Gasteiger charge is -2.16. The molecule has 142 valence electrons. The molecule has 0 bridgehead atoms. The van der Waals surface area contributed by atoms with Crippen molar-refractivity contribution >= 4 is 29.1 Å². The van der Waals surface area contributed by atoms with E-state index in [9.17, 15) is 14.4 Å². The fourth-order valence-electron chi connectivity index (χ4n) is 3.02. The summed E-state index contributed by atoms with van der Waals surface area (Å²) in [6.07, 6.45) is 4.13. The lowest BCUT2D eigenvalue weighted by molar-refractivity contribution is -0.122. The summed E-state index contributed by atoms with van der Waals surface area (Å²) >= 11 is 0. The Bertz CT molecular complexity index is 1050. The van der Waals surface area contributed by atoms with Crippen molar-refractivity contribution in [1.29, 1.82) is 0 Å². The average Bonchev–Trinajstić information content (AvgIpc) is 3.21. The van der Waals surface area contributed by atoms with Crippen LogP contribution in [0, 0.1) is 0 Å². The van der Waals surface area contributed by atoms with Crippen LogP contribution in [0.1, 0.15) is 27.1 Å². The first-order valence-electron chi connectivity index (χ1n) is 8.73. The number of hydrogen-bond donors (Lipinski definition) is 3. The SMILES string of the molecule is C=CCC(NC(=O)c1cc(C=O)cc(-c2cccc3[nH]cnc23)c1)C(=O)NC. The molecule has 1 heterocycles. The van der Waals surface area contributed by atoms with Crippen molar-refractivity contribution < 1.29 is 14.4 Å². The fraction of sp³-hybridized carbons (Fsp3) is 0.143. The highest BCUT2D eigenvalue weighted by molar-refractivity contribution is 6.01. The number of aromatic amines is 1. The van der Waals surface area contributed by atoms with E-state index in [0.29, 0.717) is 17.4 Å². The molecule has 2 amide bonds. The summed E-state index contributed by atoms with van der Waals surface area (Å²) in [6.45, 7) is 3.61. The van der Waals surface area contributed by atoms with Crippen molar-refractivity contribution in [3.8, 4) is 11.1 Å². The van der Waals surface area contributed by atoms with E-state index >= 15 is 0 Å². The molecule has 2 aromatic carbocycles. The summed E-state index contributed by atoms with van der Waals surface area (Å²) in [5.74, 6) is -0.768. The summed E-state index contributed by atoms with van der Waals surface area (Å²) in [6, 6.07) is 9.77. The number of fused-ring (bicyclic) bond motifs is 1. The minimum Gasteiger partial charge on any atom is -0.357 e. The topological polar surface area (TPSA) is 104 Å². The van der Waals surface area contributed by atoms with E-state index in [0.717, 1.165) is 16.6 Å². The van der Waals surface area contributed by atoms with Crippen LogP contribution in [-0.4, -0.2) is 41.2 Å². The van der Waals surface area contributed by atoms with Gasteiger partial charge >= 0.3 is 0 Å². The maximum absolute atomic E-state index is 12.8. The molecule has 7 heteroatoms. The van der Waals surface area contributed by atoms with E-state index in [2.05, 4.69) is 27.2 Å². The second kappa shape index (κ2) is 8.30. The van der Waals surface area contributed by atoms with Gasteiger partial charge in [0.05, 0.1) is 17.4 Å². The highest BCUT2D eigenvalue weighted by Crippen LogP contribution is 2.28. The summed E-state index contributed by atoms with van der Waals surface area (Å²) in [5.41, 5.74) is 3.72. The Kier molecular flexibility index (Phi) is 5.64. The number of amides is 2. The molecule has 3 N–H and O–H groups in total. The number of aromatic nitrogens is 2. The molecular formula is C21H20N4O3. The van der Waals surface area contributed by atoms with Crippen LogP contribution < -0.4 is 10.6 Å². The van der Waals surface area contributed by atoms with Crippen LogP contribution in [0.25, 0.3) is 22.2 Å². The van der Waals surface area contributed by atoms with Gasteiger partial charge in [-0.2, -0.15) is 0 Å². The normalized spacial score (nSPS) is 11.6. The predicted molar refractivity (Wildman–Crippen MR) is 107 cm³/mol. The average molecular weight is 376 g/mol. The zero-order valence-corrected chi connectivity index (χ0v) is 15.4. The third-order valence-electron chi connectivity index (χ3n) is 4.38. The molecule has 0 aliphatic rings. The summed E-state index contributed by atoms with van der Waals surface area (Å²) in [7, 11) is 1.50. The molecule has 0 spiro atoms. The highest BCUT2D eigenvalue weighted by atomic mass is 16.2. The molecule has 0 aliphatic carbocycles. The number of imidazole rings is 1. The summed E-state index contributed by atoms with van der Waals surface area (Å²) in [5, 5.41) is 5.20. The molecule has 0 aliphatic heterocycles. The van der Waals surface area contributed by atoms with Crippen molar-refractivity contribution in [2.24, 2.45) is 0 Å². The van der Waals surface area contributed by atoms with Gasteiger partial charge in [0, 0.05) is 23.7 Å². The van der Waals surface area contributed by atoms with E-state index in [1.54, 1.807) is 24.5 Å². The molecule has 1 unspecified atom stereocenters. The number of carbonyl (C=O) groups excluding carboxylic acids is 3. The highest BCUT2D eigenvalue weighted by Gasteiger charge is 2.20. The molecule has 28 heavy (non-hydrogen) atoms. The Hall–Kier alpha value is -3.74. The third-order valence-corrected chi connectivity index (χ3v) is 4.38. The fourth-order valence-corrected chi connectivity index (χ4v) is 3.02. The van der Waals surface area contributed by atoms with Gasteiger partial charge in [-0.3, -0.25) is 14.4 Å². The van der Waals surface area contributed by atoms with Crippen LogP contribution in [0.15, 0.2) is 55.4 Å². The molecule has 0 saturated heterocycles. The smallest absolute Gasteiger partial charge is 0.251 e. The van der Waals surface area contributed by atoms with E-state index < -0.39 is 11.9 Å². The lowest BCUT2D eigenvalue weighted by atomic mass is 9.98. The van der Waals surface area contributed by atoms with Crippen LogP contribution in [0.2, 0.25) is 0 Å². The van der Waals surface area contributed by atoms with Gasteiger partial charge < -0.3 is 15.6 Å². The number of para-hydroxylation sites is 1. The number of nitrogens with one attached hydrogen (secondary N) is 3. The summed E-state index contributed by atoms with van der Waals surface area (Å²) < 4.78 is 0. The van der Waals surface area contributed by atoms with Gasteiger partial charge in [0.15, 0.2) is 0 Å². The van der Waals surface area contributed by atoms with E-state index in [1.165, 1.54) is 13.1 Å². The molecule has 3 aromatic rings. The Morgan fingerprint density at radius 1 is 1.29 bits per heavy atom. The first kappa shape index (κ1) is 19.0. The number of hydrogen-bond acceptors (Lipinski definition) is 4. The molecule has 0 radical (unpaired) electrons. The first-order valence-corrected chi connectivity index (χ1v) is 8.73. The first-order chi connectivity index (χ1) is 13.6. The molecule has 3 rings (SSSR count). The van der Waals surface area contributed by atoms with Gasteiger partial charge in [0.1, 0.15) is 12.3 Å². The Morgan fingerprint density at radius 2 is 2.11 bits per heavy atom. The Balaban J connectivity index is 2.00. The van der Waals surface area contributed by atoms with Crippen LogP contribution in [0.3, 0.4) is 0 Å². The van der Waals surface area contributed by atoms with Gasteiger partial charge in [0.2, 0.25) is 5.91 Å². The van der Waals surface area contributed by atoms with Crippen molar-refractivity contribution in [2.75, 3.05) is 7.05 Å². The van der Waals surface area contributed by atoms with Crippen molar-refractivity contribution in [1.82, 2.24) is 20.6 Å². The van der Waals surface area contributed by atoms with Crippen LogP contribution in [0.5, 0.6) is 0 Å². The monoisotopic (exact) mass is 376 g/mol. The number of H-pyrrole nitrogens is 1. The number of aldehydes is 1. The van der Waals surface area contributed by atoms with Gasteiger partial charge in [-0.25, -0.2) is 4.98 Å². The zero-order chi connectivity index (χ0) is 20.1. The van der Waals surface area contributed by atoms with Gasteiger partial charge in [-0.1, -0.05) is 18.2 Å². The Labute approximate surface area is 161 Å². The van der Waals surface area contributed by atoms with Gasteiger partial charge in [0.25, 0.3) is 5.91 Å². The van der Waals surface area contributed by atoms with Crippen molar-refractivity contribution in [3.63, 3.8) is 0 Å². The van der Waals surface area contributed by atoms with Crippen molar-refractivity contribution in [3.05, 3.63) is 66.5 Å². The number of likely N-dealkylation sites (N-methyl/N-ethyl adjacent to an activating group) is 1. The quantitative estimate of drug-likeness (QED) is 0.435. The number of rotatable bonds is 7. The zero-order valence-electron chi connectivity index (χ0n) is 15.4. The number of nitrogens with zero attached hydrogens (tertiary/aromatic N) is 1. The lowest BCUT2D eigenvalue weighted by Crippen LogP contribution is -2.45. The molecule has 1 atom stereocenters.